The zero-order chi connectivity index (χ0) is 29.2. The van der Waals surface area contributed by atoms with E-state index in [1.54, 1.807) is 18.2 Å². The first-order chi connectivity index (χ1) is 19.9. The Bertz CT molecular complexity index is 1280. The number of nitro groups is 1. The summed E-state index contributed by atoms with van der Waals surface area (Å²) >= 11 is 0. The number of nitro benzene ring substituents is 1. The number of hydrogen-bond acceptors (Lipinski definition) is 10. The molecule has 4 rings (SSSR count). The molecule has 0 spiro atoms. The van der Waals surface area contributed by atoms with Gasteiger partial charge < -0.3 is 18.9 Å². The summed E-state index contributed by atoms with van der Waals surface area (Å²) in [5.41, 5.74) is 1.30. The molecule has 2 aromatic carbocycles. The van der Waals surface area contributed by atoms with E-state index in [0.29, 0.717) is 76.0 Å². The van der Waals surface area contributed by atoms with Crippen LogP contribution in [-0.2, 0) is 30.2 Å². The number of carbonyl (C=O) groups excluding carboxylic acids is 4. The smallest absolute Gasteiger partial charge is 0.269 e. The summed E-state index contributed by atoms with van der Waals surface area (Å²) in [7, 11) is 0. The van der Waals surface area contributed by atoms with Crippen molar-refractivity contribution in [3.63, 3.8) is 0 Å². The maximum absolute atomic E-state index is 13.1. The van der Waals surface area contributed by atoms with Crippen LogP contribution in [0, 0.1) is 10.1 Å². The molecule has 13 nitrogen and oxygen atoms in total. The first-order valence-corrected chi connectivity index (χ1v) is 13.3. The SMILES string of the molecule is O=C1CCC(N2C(=O)c3cccc(CCCOCCOCCOCCOc4ccc([N+](=O)[O-])cc4)c3C2=O)C(=O)N1. The molecule has 0 radical (unpaired) electrons. The maximum Gasteiger partial charge on any atom is 0.269 e. The van der Waals surface area contributed by atoms with E-state index in [2.05, 4.69) is 5.32 Å². The fraction of sp³-hybridized carbons (Fsp3) is 0.429. The van der Waals surface area contributed by atoms with Gasteiger partial charge in [0, 0.05) is 25.2 Å². The lowest BCUT2D eigenvalue weighted by Crippen LogP contribution is -2.54. The molecule has 218 valence electrons. The first-order valence-electron chi connectivity index (χ1n) is 13.3. The van der Waals surface area contributed by atoms with Gasteiger partial charge in [0.15, 0.2) is 0 Å². The summed E-state index contributed by atoms with van der Waals surface area (Å²) in [5, 5.41) is 12.8. The van der Waals surface area contributed by atoms with Crippen molar-refractivity contribution in [3.8, 4) is 5.75 Å². The molecular weight excluding hydrogens is 538 g/mol. The number of hydrogen-bond donors (Lipinski definition) is 1. The Kier molecular flexibility index (Phi) is 10.5. The van der Waals surface area contributed by atoms with E-state index in [9.17, 15) is 29.3 Å². The highest BCUT2D eigenvalue weighted by molar-refractivity contribution is 6.24. The van der Waals surface area contributed by atoms with E-state index >= 15 is 0 Å². The number of nitrogens with one attached hydrogen (secondary N) is 1. The number of non-ortho nitro benzene ring substituents is 1. The zero-order valence-electron chi connectivity index (χ0n) is 22.4. The Hall–Kier alpha value is -4.20. The van der Waals surface area contributed by atoms with Crippen LogP contribution >= 0.6 is 0 Å². The second kappa shape index (κ2) is 14.4. The molecule has 1 saturated heterocycles. The van der Waals surface area contributed by atoms with E-state index in [1.807, 2.05) is 0 Å². The Morgan fingerprint density at radius 1 is 0.854 bits per heavy atom. The van der Waals surface area contributed by atoms with Crippen molar-refractivity contribution in [1.82, 2.24) is 10.2 Å². The second-order valence-electron chi connectivity index (χ2n) is 9.33. The van der Waals surface area contributed by atoms with E-state index < -0.39 is 34.6 Å². The molecule has 0 saturated carbocycles. The molecule has 1 fully saturated rings. The molecular formula is C28H31N3O10. The first kappa shape index (κ1) is 29.8. The standard InChI is InChI=1S/C28H31N3O10/c32-24-11-10-23(26(33)29-24)30-27(34)22-5-1-3-19(25(22)28(30)35)4-2-12-38-13-14-39-15-16-40-17-18-41-21-8-6-20(7-9-21)31(36)37/h1,3,5-9,23H,2,4,10-18H2,(H,29,32,33). The van der Waals surface area contributed by atoms with Gasteiger partial charge in [-0.05, 0) is 43.0 Å². The van der Waals surface area contributed by atoms with Gasteiger partial charge >= 0.3 is 0 Å². The van der Waals surface area contributed by atoms with Crippen LogP contribution in [0.3, 0.4) is 0 Å². The van der Waals surface area contributed by atoms with Gasteiger partial charge in [-0.25, -0.2) is 0 Å². The van der Waals surface area contributed by atoms with Crippen LogP contribution in [-0.4, -0.2) is 85.7 Å². The van der Waals surface area contributed by atoms with E-state index in [0.717, 1.165) is 4.90 Å². The molecule has 2 aliphatic heterocycles. The molecule has 1 N–H and O–H groups in total. The molecule has 0 bridgehead atoms. The highest BCUT2D eigenvalue weighted by Gasteiger charge is 2.45. The number of fused-ring (bicyclic) bond motifs is 1. The number of benzene rings is 2. The molecule has 2 heterocycles. The van der Waals surface area contributed by atoms with Crippen molar-refractivity contribution >= 4 is 29.3 Å². The molecule has 41 heavy (non-hydrogen) atoms. The van der Waals surface area contributed by atoms with Crippen molar-refractivity contribution in [2.75, 3.05) is 46.2 Å². The van der Waals surface area contributed by atoms with Crippen molar-refractivity contribution in [1.29, 1.82) is 0 Å². The Balaban J connectivity index is 1.07. The number of rotatable bonds is 16. The van der Waals surface area contributed by atoms with Crippen molar-refractivity contribution in [3.05, 3.63) is 69.3 Å². The summed E-state index contributed by atoms with van der Waals surface area (Å²) in [4.78, 5) is 60.9. The summed E-state index contributed by atoms with van der Waals surface area (Å²) in [6.07, 6.45) is 1.33. The fourth-order valence-electron chi connectivity index (χ4n) is 4.58. The topological polar surface area (TPSA) is 164 Å². The number of aryl methyl sites for hydroxylation is 1. The Labute approximate surface area is 235 Å². The van der Waals surface area contributed by atoms with Gasteiger partial charge in [-0.3, -0.25) is 39.5 Å². The van der Waals surface area contributed by atoms with E-state index in [4.69, 9.17) is 18.9 Å². The third kappa shape index (κ3) is 7.72. The van der Waals surface area contributed by atoms with E-state index in [1.165, 1.54) is 24.3 Å². The third-order valence-corrected chi connectivity index (χ3v) is 6.58. The predicted octanol–water partition coefficient (Wildman–Crippen LogP) is 2.06. The number of carbonyl (C=O) groups is 4. The van der Waals surface area contributed by atoms with Crippen molar-refractivity contribution < 1.29 is 43.0 Å². The van der Waals surface area contributed by atoms with Crippen molar-refractivity contribution in [2.45, 2.75) is 31.7 Å². The van der Waals surface area contributed by atoms with Crippen molar-refractivity contribution in [2.24, 2.45) is 0 Å². The minimum Gasteiger partial charge on any atom is -0.491 e. The average molecular weight is 570 g/mol. The molecule has 2 aliphatic rings. The Morgan fingerprint density at radius 3 is 2.17 bits per heavy atom. The predicted molar refractivity (Wildman–Crippen MR) is 142 cm³/mol. The van der Waals surface area contributed by atoms with E-state index in [-0.39, 0.29) is 24.1 Å². The quantitative estimate of drug-likeness (QED) is 0.137. The highest BCUT2D eigenvalue weighted by Crippen LogP contribution is 2.30. The fourth-order valence-corrected chi connectivity index (χ4v) is 4.58. The highest BCUT2D eigenvalue weighted by atomic mass is 16.6. The lowest BCUT2D eigenvalue weighted by atomic mass is 9.99. The number of imide groups is 2. The van der Waals surface area contributed by atoms with Gasteiger partial charge in [-0.2, -0.15) is 0 Å². The van der Waals surface area contributed by atoms with Gasteiger partial charge in [0.1, 0.15) is 18.4 Å². The summed E-state index contributed by atoms with van der Waals surface area (Å²) < 4.78 is 22.0. The van der Waals surface area contributed by atoms with Crippen LogP contribution in [0.1, 0.15) is 45.5 Å². The summed E-state index contributed by atoms with van der Waals surface area (Å²) in [6, 6.07) is 9.91. The largest absolute Gasteiger partial charge is 0.491 e. The lowest BCUT2D eigenvalue weighted by Gasteiger charge is -2.27. The molecule has 1 unspecified atom stereocenters. The lowest BCUT2D eigenvalue weighted by molar-refractivity contribution is -0.384. The third-order valence-electron chi connectivity index (χ3n) is 6.58. The molecule has 13 heteroatoms. The minimum atomic E-state index is -0.988. The second-order valence-corrected chi connectivity index (χ2v) is 9.33. The normalized spacial score (nSPS) is 16.6. The van der Waals surface area contributed by atoms with Gasteiger partial charge in [0.2, 0.25) is 11.8 Å². The zero-order valence-corrected chi connectivity index (χ0v) is 22.4. The monoisotopic (exact) mass is 569 g/mol. The average Bonchev–Trinajstić information content (AvgIpc) is 3.21. The van der Waals surface area contributed by atoms with Gasteiger partial charge in [-0.1, -0.05) is 12.1 Å². The van der Waals surface area contributed by atoms with Crippen LogP contribution in [0.5, 0.6) is 5.75 Å². The summed E-state index contributed by atoms with van der Waals surface area (Å²) in [5.74, 6) is -1.54. The van der Waals surface area contributed by atoms with Crippen LogP contribution in [0.4, 0.5) is 5.69 Å². The van der Waals surface area contributed by atoms with Crippen LogP contribution in [0.25, 0.3) is 0 Å². The molecule has 0 aromatic heterocycles. The number of nitrogens with zero attached hydrogens (tertiary/aromatic N) is 2. The molecule has 2 aromatic rings. The number of amides is 4. The number of piperidine rings is 1. The molecule has 4 amide bonds. The summed E-state index contributed by atoms with van der Waals surface area (Å²) in [6.45, 7) is 2.62. The van der Waals surface area contributed by atoms with Crippen LogP contribution in [0.2, 0.25) is 0 Å². The molecule has 0 aliphatic carbocycles. The van der Waals surface area contributed by atoms with Gasteiger partial charge in [0.05, 0.1) is 49.1 Å². The molecule has 1 atom stereocenters. The van der Waals surface area contributed by atoms with Crippen LogP contribution < -0.4 is 10.1 Å². The van der Waals surface area contributed by atoms with Gasteiger partial charge in [-0.15, -0.1) is 0 Å². The minimum absolute atomic E-state index is 0.00311. The Morgan fingerprint density at radius 2 is 1.51 bits per heavy atom. The number of ether oxygens (including phenoxy) is 4. The van der Waals surface area contributed by atoms with Crippen LogP contribution in [0.15, 0.2) is 42.5 Å². The maximum atomic E-state index is 13.1. The van der Waals surface area contributed by atoms with Gasteiger partial charge in [0.25, 0.3) is 17.5 Å².